The minimum atomic E-state index is -0.775. The van der Waals surface area contributed by atoms with Gasteiger partial charge in [0.05, 0.1) is 0 Å². The molecule has 0 aromatic heterocycles. The van der Waals surface area contributed by atoms with Crippen LogP contribution in [0.2, 0.25) is 0 Å². The molecule has 1 heterocycles. The zero-order valence-electron chi connectivity index (χ0n) is 9.07. The van der Waals surface area contributed by atoms with E-state index in [0.717, 1.165) is 25.9 Å². The first kappa shape index (κ1) is 11.3. The minimum absolute atomic E-state index is 0.584. The summed E-state index contributed by atoms with van der Waals surface area (Å²) < 4.78 is 0. The second-order valence-electron chi connectivity index (χ2n) is 3.72. The standard InChI is InChI=1S/C10H20N2O2/c1-3-11(4-2)9-5-7-12(8-6-9)10(13)14/h9H,3-8H2,1-2H3,(H,13,14). The summed E-state index contributed by atoms with van der Waals surface area (Å²) in [7, 11) is 0. The zero-order valence-corrected chi connectivity index (χ0v) is 9.07. The predicted molar refractivity (Wildman–Crippen MR) is 55.5 cm³/mol. The quantitative estimate of drug-likeness (QED) is 0.750. The van der Waals surface area contributed by atoms with Gasteiger partial charge in [-0.05, 0) is 25.9 Å². The van der Waals surface area contributed by atoms with Crippen molar-refractivity contribution in [1.82, 2.24) is 9.80 Å². The average Bonchev–Trinajstić information content (AvgIpc) is 2.20. The lowest BCUT2D eigenvalue weighted by Gasteiger charge is -2.36. The molecule has 1 aliphatic rings. The van der Waals surface area contributed by atoms with Gasteiger partial charge < -0.3 is 14.9 Å². The molecule has 0 saturated carbocycles. The van der Waals surface area contributed by atoms with Gasteiger partial charge in [-0.15, -0.1) is 0 Å². The van der Waals surface area contributed by atoms with E-state index < -0.39 is 6.09 Å². The Hall–Kier alpha value is -0.770. The summed E-state index contributed by atoms with van der Waals surface area (Å²) in [4.78, 5) is 14.6. The van der Waals surface area contributed by atoms with Crippen molar-refractivity contribution in [1.29, 1.82) is 0 Å². The maximum absolute atomic E-state index is 10.7. The SMILES string of the molecule is CCN(CC)C1CCN(C(=O)O)CC1. The summed E-state index contributed by atoms with van der Waals surface area (Å²) >= 11 is 0. The Morgan fingerprint density at radius 3 is 2.21 bits per heavy atom. The molecule has 0 radical (unpaired) electrons. The third kappa shape index (κ3) is 2.61. The van der Waals surface area contributed by atoms with Gasteiger partial charge in [-0.25, -0.2) is 4.79 Å². The van der Waals surface area contributed by atoms with Gasteiger partial charge in [0.2, 0.25) is 0 Å². The van der Waals surface area contributed by atoms with Gasteiger partial charge in [-0.2, -0.15) is 0 Å². The highest BCUT2D eigenvalue weighted by atomic mass is 16.4. The van der Waals surface area contributed by atoms with Crippen LogP contribution in [0.25, 0.3) is 0 Å². The highest BCUT2D eigenvalue weighted by Crippen LogP contribution is 2.15. The summed E-state index contributed by atoms with van der Waals surface area (Å²) in [6.07, 6.45) is 1.19. The third-order valence-electron chi connectivity index (χ3n) is 3.06. The minimum Gasteiger partial charge on any atom is -0.465 e. The second-order valence-corrected chi connectivity index (χ2v) is 3.72. The average molecular weight is 200 g/mol. The Morgan fingerprint density at radius 2 is 1.86 bits per heavy atom. The van der Waals surface area contributed by atoms with Crippen molar-refractivity contribution in [3.63, 3.8) is 0 Å². The molecule has 0 unspecified atom stereocenters. The van der Waals surface area contributed by atoms with Crippen LogP contribution < -0.4 is 0 Å². The molecule has 1 aliphatic heterocycles. The summed E-state index contributed by atoms with van der Waals surface area (Å²) in [6.45, 7) is 7.83. The second kappa shape index (κ2) is 5.20. The summed E-state index contributed by atoms with van der Waals surface area (Å²) in [5, 5.41) is 8.79. The number of likely N-dealkylation sites (tertiary alicyclic amines) is 1. The fraction of sp³-hybridized carbons (Fsp3) is 0.900. The zero-order chi connectivity index (χ0) is 10.6. The van der Waals surface area contributed by atoms with Crippen LogP contribution in [0.1, 0.15) is 26.7 Å². The molecule has 1 fully saturated rings. The molecule has 0 aromatic rings. The molecule has 1 saturated heterocycles. The molecule has 14 heavy (non-hydrogen) atoms. The molecule has 1 rings (SSSR count). The molecule has 1 N–H and O–H groups in total. The van der Waals surface area contributed by atoms with E-state index in [2.05, 4.69) is 18.7 Å². The highest BCUT2D eigenvalue weighted by molar-refractivity contribution is 5.65. The number of nitrogens with zero attached hydrogens (tertiary/aromatic N) is 2. The van der Waals surface area contributed by atoms with Crippen molar-refractivity contribution in [2.24, 2.45) is 0 Å². The van der Waals surface area contributed by atoms with E-state index in [-0.39, 0.29) is 0 Å². The van der Waals surface area contributed by atoms with Gasteiger partial charge in [0, 0.05) is 19.1 Å². The van der Waals surface area contributed by atoms with Crippen LogP contribution in [0, 0.1) is 0 Å². The van der Waals surface area contributed by atoms with E-state index in [1.165, 1.54) is 4.90 Å². The number of hydrogen-bond acceptors (Lipinski definition) is 2. The fourth-order valence-corrected chi connectivity index (χ4v) is 2.16. The number of amides is 1. The van der Waals surface area contributed by atoms with Gasteiger partial charge in [0.1, 0.15) is 0 Å². The molecule has 0 spiro atoms. The van der Waals surface area contributed by atoms with Gasteiger partial charge in [0.25, 0.3) is 0 Å². The topological polar surface area (TPSA) is 43.8 Å². The summed E-state index contributed by atoms with van der Waals surface area (Å²) in [5.41, 5.74) is 0. The van der Waals surface area contributed by atoms with Gasteiger partial charge in [-0.1, -0.05) is 13.8 Å². The van der Waals surface area contributed by atoms with Crippen LogP contribution in [0.15, 0.2) is 0 Å². The maximum Gasteiger partial charge on any atom is 0.407 e. The van der Waals surface area contributed by atoms with Gasteiger partial charge in [-0.3, -0.25) is 0 Å². The molecular weight excluding hydrogens is 180 g/mol. The third-order valence-corrected chi connectivity index (χ3v) is 3.06. The molecule has 4 heteroatoms. The Balaban J connectivity index is 2.38. The first-order chi connectivity index (χ1) is 6.69. The Labute approximate surface area is 85.5 Å². The van der Waals surface area contributed by atoms with Crippen LogP contribution in [-0.4, -0.2) is 53.2 Å². The van der Waals surface area contributed by atoms with Crippen molar-refractivity contribution < 1.29 is 9.90 Å². The van der Waals surface area contributed by atoms with E-state index in [1.807, 2.05) is 0 Å². The monoisotopic (exact) mass is 200 g/mol. The van der Waals surface area contributed by atoms with E-state index in [1.54, 1.807) is 0 Å². The first-order valence-electron chi connectivity index (χ1n) is 5.41. The molecule has 0 bridgehead atoms. The smallest absolute Gasteiger partial charge is 0.407 e. The van der Waals surface area contributed by atoms with Crippen LogP contribution in [0.3, 0.4) is 0 Å². The summed E-state index contributed by atoms with van der Waals surface area (Å²) in [5.74, 6) is 0. The van der Waals surface area contributed by atoms with Crippen molar-refractivity contribution in [3.8, 4) is 0 Å². The molecule has 82 valence electrons. The molecular formula is C10H20N2O2. The number of piperidine rings is 1. The van der Waals surface area contributed by atoms with E-state index in [4.69, 9.17) is 5.11 Å². The van der Waals surface area contributed by atoms with E-state index >= 15 is 0 Å². The fourth-order valence-electron chi connectivity index (χ4n) is 2.16. The lowest BCUT2D eigenvalue weighted by atomic mass is 10.0. The van der Waals surface area contributed by atoms with Crippen LogP contribution in [0.5, 0.6) is 0 Å². The van der Waals surface area contributed by atoms with E-state index in [9.17, 15) is 4.79 Å². The Bertz CT molecular complexity index is 185. The van der Waals surface area contributed by atoms with Crippen molar-refractivity contribution in [2.75, 3.05) is 26.2 Å². The highest BCUT2D eigenvalue weighted by Gasteiger charge is 2.24. The number of carboxylic acid groups (broad SMARTS) is 1. The Morgan fingerprint density at radius 1 is 1.36 bits per heavy atom. The molecule has 0 aliphatic carbocycles. The predicted octanol–water partition coefficient (Wildman–Crippen LogP) is 1.47. The largest absolute Gasteiger partial charge is 0.465 e. The summed E-state index contributed by atoms with van der Waals surface area (Å²) in [6, 6.07) is 0.584. The number of hydrogen-bond donors (Lipinski definition) is 1. The van der Waals surface area contributed by atoms with E-state index in [0.29, 0.717) is 19.1 Å². The maximum atomic E-state index is 10.7. The van der Waals surface area contributed by atoms with Crippen LogP contribution in [0.4, 0.5) is 4.79 Å². The Kier molecular flexibility index (Phi) is 4.20. The lowest BCUT2D eigenvalue weighted by molar-refractivity contribution is 0.0996. The van der Waals surface area contributed by atoms with Crippen LogP contribution >= 0.6 is 0 Å². The molecule has 1 amide bonds. The molecule has 0 atom stereocenters. The lowest BCUT2D eigenvalue weighted by Crippen LogP contribution is -2.46. The normalized spacial score (nSPS) is 18.9. The van der Waals surface area contributed by atoms with Crippen LogP contribution in [-0.2, 0) is 0 Å². The first-order valence-corrected chi connectivity index (χ1v) is 5.41. The van der Waals surface area contributed by atoms with Crippen molar-refractivity contribution in [2.45, 2.75) is 32.7 Å². The molecule has 4 nitrogen and oxygen atoms in total. The van der Waals surface area contributed by atoms with Gasteiger partial charge >= 0.3 is 6.09 Å². The van der Waals surface area contributed by atoms with Crippen molar-refractivity contribution >= 4 is 6.09 Å². The molecule has 0 aromatic carbocycles. The number of rotatable bonds is 3. The number of carbonyl (C=O) groups is 1. The van der Waals surface area contributed by atoms with Gasteiger partial charge in [0.15, 0.2) is 0 Å². The van der Waals surface area contributed by atoms with Crippen molar-refractivity contribution in [3.05, 3.63) is 0 Å².